The minimum absolute atomic E-state index is 0.839. The molecule has 1 aromatic rings. The number of hydrogen-bond acceptors (Lipinski definition) is 1. The summed E-state index contributed by atoms with van der Waals surface area (Å²) < 4.78 is 0. The summed E-state index contributed by atoms with van der Waals surface area (Å²) >= 11 is 0. The molecule has 0 spiro atoms. The van der Waals surface area contributed by atoms with Gasteiger partial charge in [-0.2, -0.15) is 0 Å². The van der Waals surface area contributed by atoms with Crippen LogP contribution in [0.25, 0.3) is 0 Å². The maximum Gasteiger partial charge on any atom is 0.0210 e. The first kappa shape index (κ1) is 16.2. The second-order valence-electron chi connectivity index (χ2n) is 5.92. The molecule has 1 N–H and O–H groups in total. The van der Waals surface area contributed by atoms with Gasteiger partial charge >= 0.3 is 0 Å². The van der Waals surface area contributed by atoms with Crippen LogP contribution in [0.3, 0.4) is 0 Å². The van der Waals surface area contributed by atoms with E-state index < -0.39 is 0 Å². The molecule has 0 amide bonds. The summed E-state index contributed by atoms with van der Waals surface area (Å²) in [5, 5.41) is 3.66. The fraction of sp³-hybridized carbons (Fsp3) is 0.667. The normalized spacial score (nSPS) is 12.7. The zero-order chi connectivity index (χ0) is 14.3. The Bertz CT molecular complexity index is 358. The average molecular weight is 261 g/mol. The molecule has 0 saturated carbocycles. The smallest absolute Gasteiger partial charge is 0.0210 e. The number of aryl methyl sites for hydroxylation is 3. The highest BCUT2D eigenvalue weighted by molar-refractivity contribution is 5.37. The van der Waals surface area contributed by atoms with Crippen LogP contribution in [0.4, 0.5) is 0 Å². The Labute approximate surface area is 119 Å². The predicted molar refractivity (Wildman–Crippen MR) is 85.7 cm³/mol. The van der Waals surface area contributed by atoms with E-state index in [-0.39, 0.29) is 0 Å². The van der Waals surface area contributed by atoms with Gasteiger partial charge in [-0.3, -0.25) is 0 Å². The largest absolute Gasteiger partial charge is 0.312 e. The maximum absolute atomic E-state index is 3.66. The molecule has 0 aliphatic heterocycles. The molecule has 1 unspecified atom stereocenters. The molecule has 1 aromatic carbocycles. The van der Waals surface area contributed by atoms with Crippen LogP contribution in [0.1, 0.15) is 61.8 Å². The highest BCUT2D eigenvalue weighted by atomic mass is 14.9. The van der Waals surface area contributed by atoms with Crippen molar-refractivity contribution in [2.24, 2.45) is 5.92 Å². The van der Waals surface area contributed by atoms with Gasteiger partial charge in [0.05, 0.1) is 0 Å². The quantitative estimate of drug-likeness (QED) is 0.700. The third kappa shape index (κ3) is 5.36. The van der Waals surface area contributed by atoms with Crippen molar-refractivity contribution in [2.75, 3.05) is 6.54 Å². The van der Waals surface area contributed by atoms with Gasteiger partial charge in [0.15, 0.2) is 0 Å². The molecule has 0 radical (unpaired) electrons. The second-order valence-corrected chi connectivity index (χ2v) is 5.92. The standard InChI is InChI=1S/C18H31N/c1-6-8-9-17(7-2)12-19-13-18-15(4)10-14(3)11-16(18)5/h10-11,17,19H,6-9,12-13H2,1-5H3. The topological polar surface area (TPSA) is 12.0 Å². The van der Waals surface area contributed by atoms with Crippen LogP contribution in [0, 0.1) is 26.7 Å². The van der Waals surface area contributed by atoms with Gasteiger partial charge in [-0.15, -0.1) is 0 Å². The van der Waals surface area contributed by atoms with Gasteiger partial charge in [0.25, 0.3) is 0 Å². The molecule has 108 valence electrons. The van der Waals surface area contributed by atoms with E-state index in [1.54, 1.807) is 0 Å². The lowest BCUT2D eigenvalue weighted by molar-refractivity contribution is 0.419. The molecule has 0 fully saturated rings. The van der Waals surface area contributed by atoms with Crippen molar-refractivity contribution in [2.45, 2.75) is 66.8 Å². The van der Waals surface area contributed by atoms with E-state index in [0.29, 0.717) is 0 Å². The molecule has 1 heteroatoms. The molecule has 0 saturated heterocycles. The maximum atomic E-state index is 3.66. The van der Waals surface area contributed by atoms with Crippen molar-refractivity contribution < 1.29 is 0 Å². The van der Waals surface area contributed by atoms with Gasteiger partial charge in [-0.1, -0.05) is 50.8 Å². The lowest BCUT2D eigenvalue weighted by Gasteiger charge is -2.17. The van der Waals surface area contributed by atoms with Crippen molar-refractivity contribution in [1.29, 1.82) is 0 Å². The Balaban J connectivity index is 2.48. The Morgan fingerprint density at radius 2 is 1.68 bits per heavy atom. The van der Waals surface area contributed by atoms with Gasteiger partial charge in [0.1, 0.15) is 0 Å². The van der Waals surface area contributed by atoms with Crippen LogP contribution in [0.15, 0.2) is 12.1 Å². The van der Waals surface area contributed by atoms with Crippen LogP contribution in [-0.2, 0) is 6.54 Å². The summed E-state index contributed by atoms with van der Waals surface area (Å²) in [5.41, 5.74) is 5.70. The molecule has 0 bridgehead atoms. The van der Waals surface area contributed by atoms with Gasteiger partial charge in [0.2, 0.25) is 0 Å². The second kappa shape index (κ2) is 8.37. The third-order valence-electron chi connectivity index (χ3n) is 4.12. The van der Waals surface area contributed by atoms with E-state index in [0.717, 1.165) is 19.0 Å². The zero-order valence-corrected chi connectivity index (χ0v) is 13.5. The van der Waals surface area contributed by atoms with E-state index in [2.05, 4.69) is 52.1 Å². The Morgan fingerprint density at radius 1 is 1.05 bits per heavy atom. The Hall–Kier alpha value is -0.820. The average Bonchev–Trinajstić information content (AvgIpc) is 2.36. The first-order valence-electron chi connectivity index (χ1n) is 7.85. The first-order valence-corrected chi connectivity index (χ1v) is 7.85. The van der Waals surface area contributed by atoms with E-state index in [4.69, 9.17) is 0 Å². The van der Waals surface area contributed by atoms with Crippen molar-refractivity contribution in [3.8, 4) is 0 Å². The molecular weight excluding hydrogens is 230 g/mol. The van der Waals surface area contributed by atoms with Crippen LogP contribution in [0.2, 0.25) is 0 Å². The monoisotopic (exact) mass is 261 g/mol. The van der Waals surface area contributed by atoms with Crippen LogP contribution in [-0.4, -0.2) is 6.54 Å². The highest BCUT2D eigenvalue weighted by Crippen LogP contribution is 2.17. The highest BCUT2D eigenvalue weighted by Gasteiger charge is 2.07. The number of nitrogens with one attached hydrogen (secondary N) is 1. The molecule has 1 atom stereocenters. The van der Waals surface area contributed by atoms with Crippen LogP contribution >= 0.6 is 0 Å². The van der Waals surface area contributed by atoms with Crippen molar-refractivity contribution in [3.63, 3.8) is 0 Å². The number of benzene rings is 1. The predicted octanol–water partition coefficient (Wildman–Crippen LogP) is 4.92. The van der Waals surface area contributed by atoms with E-state index in [1.165, 1.54) is 47.9 Å². The number of hydrogen-bond donors (Lipinski definition) is 1. The minimum Gasteiger partial charge on any atom is -0.312 e. The Morgan fingerprint density at radius 3 is 2.21 bits per heavy atom. The summed E-state index contributed by atoms with van der Waals surface area (Å²) in [6.45, 7) is 13.4. The molecule has 1 rings (SSSR count). The van der Waals surface area contributed by atoms with Crippen molar-refractivity contribution in [1.82, 2.24) is 5.32 Å². The number of unbranched alkanes of at least 4 members (excludes halogenated alkanes) is 1. The lowest BCUT2D eigenvalue weighted by Crippen LogP contribution is -2.23. The first-order chi connectivity index (χ1) is 9.08. The summed E-state index contributed by atoms with van der Waals surface area (Å²) in [6.07, 6.45) is 5.33. The third-order valence-corrected chi connectivity index (χ3v) is 4.12. The summed E-state index contributed by atoms with van der Waals surface area (Å²) in [6, 6.07) is 4.58. The number of rotatable bonds is 8. The van der Waals surface area contributed by atoms with Crippen LogP contribution in [0.5, 0.6) is 0 Å². The summed E-state index contributed by atoms with van der Waals surface area (Å²) in [4.78, 5) is 0. The lowest BCUT2D eigenvalue weighted by atomic mass is 9.98. The van der Waals surface area contributed by atoms with E-state index in [1.807, 2.05) is 0 Å². The molecule has 0 heterocycles. The van der Waals surface area contributed by atoms with Crippen molar-refractivity contribution >= 4 is 0 Å². The minimum atomic E-state index is 0.839. The van der Waals surface area contributed by atoms with Gasteiger partial charge in [-0.25, -0.2) is 0 Å². The molecule has 0 aromatic heterocycles. The van der Waals surface area contributed by atoms with Crippen LogP contribution < -0.4 is 5.32 Å². The zero-order valence-electron chi connectivity index (χ0n) is 13.5. The van der Waals surface area contributed by atoms with E-state index >= 15 is 0 Å². The Kier molecular flexibility index (Phi) is 7.15. The molecule has 1 nitrogen and oxygen atoms in total. The fourth-order valence-corrected chi connectivity index (χ4v) is 2.83. The summed E-state index contributed by atoms with van der Waals surface area (Å²) in [7, 11) is 0. The summed E-state index contributed by atoms with van der Waals surface area (Å²) in [5.74, 6) is 0.839. The van der Waals surface area contributed by atoms with E-state index in [9.17, 15) is 0 Å². The fourth-order valence-electron chi connectivity index (χ4n) is 2.83. The molecule has 19 heavy (non-hydrogen) atoms. The van der Waals surface area contributed by atoms with Gasteiger partial charge < -0.3 is 5.32 Å². The molecular formula is C18H31N. The van der Waals surface area contributed by atoms with Crippen molar-refractivity contribution in [3.05, 3.63) is 34.4 Å². The molecule has 0 aliphatic rings. The van der Waals surface area contributed by atoms with Gasteiger partial charge in [-0.05, 0) is 56.3 Å². The molecule has 0 aliphatic carbocycles. The SMILES string of the molecule is CCCCC(CC)CNCc1c(C)cc(C)cc1C. The van der Waals surface area contributed by atoms with Gasteiger partial charge in [0, 0.05) is 6.54 Å².